The summed E-state index contributed by atoms with van der Waals surface area (Å²) in [6, 6.07) is 5.23. The van der Waals surface area contributed by atoms with Gasteiger partial charge in [-0.3, -0.25) is 9.59 Å². The summed E-state index contributed by atoms with van der Waals surface area (Å²) in [5.41, 5.74) is 0. The number of anilines is 2. The van der Waals surface area contributed by atoms with Crippen molar-refractivity contribution in [2.45, 2.75) is 53.4 Å². The molecule has 1 unspecified atom stereocenters. The first-order chi connectivity index (χ1) is 10.5. The van der Waals surface area contributed by atoms with E-state index in [1.807, 2.05) is 20.8 Å². The summed E-state index contributed by atoms with van der Waals surface area (Å²) in [6.45, 7) is 7.94. The zero-order valence-corrected chi connectivity index (χ0v) is 14.0. The van der Waals surface area contributed by atoms with Crippen LogP contribution in [0.5, 0.6) is 0 Å². The average molecular weight is 305 g/mol. The van der Waals surface area contributed by atoms with Gasteiger partial charge < -0.3 is 10.6 Å². The van der Waals surface area contributed by atoms with Crippen LogP contribution < -0.4 is 10.6 Å². The van der Waals surface area contributed by atoms with Crippen LogP contribution in [0.15, 0.2) is 18.2 Å². The average Bonchev–Trinajstić information content (AvgIpc) is 2.49. The first-order valence-corrected chi connectivity index (χ1v) is 8.10. The van der Waals surface area contributed by atoms with E-state index in [0.717, 1.165) is 25.7 Å². The summed E-state index contributed by atoms with van der Waals surface area (Å²) < 4.78 is 0. The summed E-state index contributed by atoms with van der Waals surface area (Å²) >= 11 is 0. The van der Waals surface area contributed by atoms with Crippen LogP contribution in [0, 0.1) is 11.8 Å². The van der Waals surface area contributed by atoms with Crippen molar-refractivity contribution in [1.29, 1.82) is 0 Å². The molecule has 0 aliphatic rings. The molecule has 0 fully saturated rings. The zero-order chi connectivity index (χ0) is 16.5. The predicted molar refractivity (Wildman–Crippen MR) is 89.6 cm³/mol. The maximum Gasteiger partial charge on any atom is 0.228 e. The molecular weight excluding hydrogens is 278 g/mol. The molecule has 0 aliphatic carbocycles. The molecule has 0 aliphatic heterocycles. The Morgan fingerprint density at radius 3 is 2.09 bits per heavy atom. The van der Waals surface area contributed by atoms with Gasteiger partial charge in [0.25, 0.3) is 0 Å². The Morgan fingerprint density at radius 2 is 1.59 bits per heavy atom. The maximum atomic E-state index is 12.1. The van der Waals surface area contributed by atoms with E-state index in [4.69, 9.17) is 0 Å². The lowest BCUT2D eigenvalue weighted by atomic mass is 10.0. The van der Waals surface area contributed by atoms with Gasteiger partial charge in [0.1, 0.15) is 11.6 Å². The molecule has 0 saturated carbocycles. The fourth-order valence-electron chi connectivity index (χ4n) is 2.28. The number of nitrogens with zero attached hydrogens (tertiary/aromatic N) is 1. The van der Waals surface area contributed by atoms with Crippen molar-refractivity contribution in [3.8, 4) is 0 Å². The van der Waals surface area contributed by atoms with Gasteiger partial charge in [-0.25, -0.2) is 4.98 Å². The molecule has 0 bridgehead atoms. The molecule has 22 heavy (non-hydrogen) atoms. The third-order valence-corrected chi connectivity index (χ3v) is 3.78. The Hall–Kier alpha value is -1.91. The predicted octanol–water partition coefficient (Wildman–Crippen LogP) is 3.83. The maximum absolute atomic E-state index is 12.1. The highest BCUT2D eigenvalue weighted by Gasteiger charge is 2.16. The third kappa shape index (κ3) is 5.47. The monoisotopic (exact) mass is 305 g/mol. The Balaban J connectivity index is 2.70. The fraction of sp³-hybridized carbons (Fsp3) is 0.588. The van der Waals surface area contributed by atoms with Crippen LogP contribution in [0.2, 0.25) is 0 Å². The minimum absolute atomic E-state index is 0.00961. The normalized spacial score (nSPS) is 12.0. The molecule has 0 radical (unpaired) electrons. The van der Waals surface area contributed by atoms with E-state index in [2.05, 4.69) is 22.5 Å². The number of carbonyl (C=O) groups excluding carboxylic acids is 2. The zero-order valence-electron chi connectivity index (χ0n) is 14.0. The van der Waals surface area contributed by atoms with Crippen molar-refractivity contribution in [3.63, 3.8) is 0 Å². The van der Waals surface area contributed by atoms with Gasteiger partial charge in [0.05, 0.1) is 0 Å². The molecule has 122 valence electrons. The van der Waals surface area contributed by atoms with E-state index in [-0.39, 0.29) is 23.7 Å². The molecule has 1 rings (SSSR count). The molecule has 5 nitrogen and oxygen atoms in total. The highest BCUT2D eigenvalue weighted by atomic mass is 16.2. The van der Waals surface area contributed by atoms with Crippen molar-refractivity contribution < 1.29 is 9.59 Å². The molecule has 1 atom stereocenters. The van der Waals surface area contributed by atoms with Crippen molar-refractivity contribution >= 4 is 23.5 Å². The second kappa shape index (κ2) is 9.18. The van der Waals surface area contributed by atoms with Crippen molar-refractivity contribution in [3.05, 3.63) is 18.2 Å². The van der Waals surface area contributed by atoms with Crippen LogP contribution in [0.25, 0.3) is 0 Å². The molecule has 2 N–H and O–H groups in total. The van der Waals surface area contributed by atoms with Gasteiger partial charge in [-0.05, 0) is 31.4 Å². The SMILES string of the molecule is CCCC(C)C(=O)Nc1cccc(NC(=O)C(CC)CC)n1. The second-order valence-corrected chi connectivity index (χ2v) is 5.59. The van der Waals surface area contributed by atoms with Crippen LogP contribution in [-0.2, 0) is 9.59 Å². The van der Waals surface area contributed by atoms with E-state index < -0.39 is 0 Å². The number of rotatable bonds is 8. The largest absolute Gasteiger partial charge is 0.310 e. The number of carbonyl (C=O) groups is 2. The van der Waals surface area contributed by atoms with Crippen LogP contribution >= 0.6 is 0 Å². The Morgan fingerprint density at radius 1 is 1.05 bits per heavy atom. The first kappa shape index (κ1) is 18.1. The van der Waals surface area contributed by atoms with Gasteiger partial charge >= 0.3 is 0 Å². The van der Waals surface area contributed by atoms with E-state index in [0.29, 0.717) is 11.6 Å². The van der Waals surface area contributed by atoms with E-state index >= 15 is 0 Å². The summed E-state index contributed by atoms with van der Waals surface area (Å²) in [5.74, 6) is 0.811. The number of nitrogens with one attached hydrogen (secondary N) is 2. The fourth-order valence-corrected chi connectivity index (χ4v) is 2.28. The van der Waals surface area contributed by atoms with Crippen LogP contribution in [0.1, 0.15) is 53.4 Å². The molecule has 2 amide bonds. The molecule has 0 saturated heterocycles. The highest BCUT2D eigenvalue weighted by Crippen LogP contribution is 2.15. The van der Waals surface area contributed by atoms with Crippen LogP contribution in [-0.4, -0.2) is 16.8 Å². The molecule has 0 spiro atoms. The van der Waals surface area contributed by atoms with E-state index in [9.17, 15) is 9.59 Å². The highest BCUT2D eigenvalue weighted by molar-refractivity contribution is 5.93. The first-order valence-electron chi connectivity index (χ1n) is 8.10. The minimum Gasteiger partial charge on any atom is -0.310 e. The lowest BCUT2D eigenvalue weighted by molar-refractivity contribution is -0.120. The third-order valence-electron chi connectivity index (χ3n) is 3.78. The minimum atomic E-state index is -0.0467. The Kier molecular flexibility index (Phi) is 7.57. The lowest BCUT2D eigenvalue weighted by Crippen LogP contribution is -2.23. The van der Waals surface area contributed by atoms with Gasteiger partial charge in [-0.2, -0.15) is 0 Å². The smallest absolute Gasteiger partial charge is 0.228 e. The number of hydrogen-bond acceptors (Lipinski definition) is 3. The number of aromatic nitrogens is 1. The Bertz CT molecular complexity index is 498. The van der Waals surface area contributed by atoms with Crippen molar-refractivity contribution in [2.24, 2.45) is 11.8 Å². The lowest BCUT2D eigenvalue weighted by Gasteiger charge is -2.14. The molecule has 5 heteroatoms. The molecule has 1 aromatic rings. The number of pyridine rings is 1. The molecule has 0 aromatic carbocycles. The standard InChI is InChI=1S/C17H27N3O2/c1-5-9-12(4)16(21)19-14-10-8-11-15(18-14)20-17(22)13(6-2)7-3/h8,10-13H,5-7,9H2,1-4H3,(H2,18,19,20,21,22). The van der Waals surface area contributed by atoms with Crippen molar-refractivity contribution in [1.82, 2.24) is 4.98 Å². The van der Waals surface area contributed by atoms with Crippen LogP contribution in [0.4, 0.5) is 11.6 Å². The molecular formula is C17H27N3O2. The number of hydrogen-bond donors (Lipinski definition) is 2. The van der Waals surface area contributed by atoms with Gasteiger partial charge in [-0.15, -0.1) is 0 Å². The van der Waals surface area contributed by atoms with E-state index in [1.165, 1.54) is 0 Å². The molecule has 1 heterocycles. The van der Waals surface area contributed by atoms with Crippen molar-refractivity contribution in [2.75, 3.05) is 10.6 Å². The summed E-state index contributed by atoms with van der Waals surface area (Å²) in [7, 11) is 0. The molecule has 1 aromatic heterocycles. The quantitative estimate of drug-likeness (QED) is 0.766. The number of amides is 2. The summed E-state index contributed by atoms with van der Waals surface area (Å²) in [4.78, 5) is 28.3. The Labute approximate surface area is 132 Å². The summed E-state index contributed by atoms with van der Waals surface area (Å²) in [6.07, 6.45) is 3.41. The van der Waals surface area contributed by atoms with Gasteiger partial charge in [-0.1, -0.05) is 40.2 Å². The second-order valence-electron chi connectivity index (χ2n) is 5.59. The summed E-state index contributed by atoms with van der Waals surface area (Å²) in [5, 5.41) is 5.61. The van der Waals surface area contributed by atoms with Gasteiger partial charge in [0.15, 0.2) is 0 Å². The van der Waals surface area contributed by atoms with Gasteiger partial charge in [0.2, 0.25) is 11.8 Å². The van der Waals surface area contributed by atoms with Gasteiger partial charge in [0, 0.05) is 11.8 Å². The topological polar surface area (TPSA) is 71.1 Å². The van der Waals surface area contributed by atoms with Crippen LogP contribution in [0.3, 0.4) is 0 Å². The van der Waals surface area contributed by atoms with E-state index in [1.54, 1.807) is 18.2 Å².